The van der Waals surface area contributed by atoms with Crippen molar-refractivity contribution in [3.8, 4) is 0 Å². The summed E-state index contributed by atoms with van der Waals surface area (Å²) >= 11 is 0. The third-order valence-electron chi connectivity index (χ3n) is 4.74. The van der Waals surface area contributed by atoms with Gasteiger partial charge in [-0.25, -0.2) is 4.98 Å². The zero-order valence-electron chi connectivity index (χ0n) is 14.8. The molecule has 0 saturated heterocycles. The second-order valence-electron chi connectivity index (χ2n) is 6.65. The highest BCUT2D eigenvalue weighted by Crippen LogP contribution is 2.25. The molecule has 24 heavy (non-hydrogen) atoms. The second kappa shape index (κ2) is 8.13. The summed E-state index contributed by atoms with van der Waals surface area (Å²) in [5, 5.41) is 3.55. The molecule has 0 bridgehead atoms. The first-order chi connectivity index (χ1) is 11.8. The van der Waals surface area contributed by atoms with Gasteiger partial charge in [0.1, 0.15) is 5.82 Å². The molecule has 0 atom stereocenters. The van der Waals surface area contributed by atoms with Crippen molar-refractivity contribution in [1.29, 1.82) is 0 Å². The van der Waals surface area contributed by atoms with Gasteiger partial charge in [0.05, 0.1) is 0 Å². The van der Waals surface area contributed by atoms with Crippen molar-refractivity contribution in [3.05, 3.63) is 42.1 Å². The van der Waals surface area contributed by atoms with E-state index in [0.717, 1.165) is 18.3 Å². The number of anilines is 3. The van der Waals surface area contributed by atoms with Gasteiger partial charge in [-0.05, 0) is 50.5 Å². The number of aryl methyl sites for hydroxylation is 1. The second-order valence-corrected chi connectivity index (χ2v) is 6.65. The minimum absolute atomic E-state index is 0.511. The van der Waals surface area contributed by atoms with Crippen LogP contribution in [0.25, 0.3) is 0 Å². The Morgan fingerprint density at radius 2 is 1.92 bits per heavy atom. The Hall–Kier alpha value is -2.10. The van der Waals surface area contributed by atoms with Gasteiger partial charge in [0.15, 0.2) is 0 Å². The lowest BCUT2D eigenvalue weighted by Crippen LogP contribution is -2.22. The molecule has 0 unspecified atom stereocenters. The van der Waals surface area contributed by atoms with Crippen molar-refractivity contribution in [2.45, 2.75) is 58.4 Å². The maximum absolute atomic E-state index is 4.78. The highest BCUT2D eigenvalue weighted by Gasteiger charge is 2.15. The zero-order valence-corrected chi connectivity index (χ0v) is 14.8. The molecule has 0 aliphatic heterocycles. The van der Waals surface area contributed by atoms with E-state index in [1.54, 1.807) is 0 Å². The molecule has 128 valence electrons. The fraction of sp³-hybridized carbons (Fsp3) is 0.500. The number of hydrogen-bond acceptors (Lipinski definition) is 4. The van der Waals surface area contributed by atoms with E-state index in [9.17, 15) is 0 Å². The van der Waals surface area contributed by atoms with E-state index in [4.69, 9.17) is 4.98 Å². The molecule has 1 aliphatic rings. The Kier molecular flexibility index (Phi) is 5.68. The van der Waals surface area contributed by atoms with E-state index in [1.165, 1.54) is 49.8 Å². The fourth-order valence-corrected chi connectivity index (χ4v) is 3.45. The van der Waals surface area contributed by atoms with Gasteiger partial charge in [-0.3, -0.25) is 0 Å². The van der Waals surface area contributed by atoms with Gasteiger partial charge >= 0.3 is 0 Å². The van der Waals surface area contributed by atoms with Crippen LogP contribution in [0.1, 0.15) is 51.0 Å². The Balaban J connectivity index is 1.78. The predicted octanol–water partition coefficient (Wildman–Crippen LogP) is 5.08. The molecular weight excluding hydrogens is 296 g/mol. The van der Waals surface area contributed by atoms with Crippen molar-refractivity contribution in [3.63, 3.8) is 0 Å². The van der Waals surface area contributed by atoms with Crippen LogP contribution in [-0.4, -0.2) is 22.6 Å². The minimum Gasteiger partial charge on any atom is -0.351 e. The number of benzene rings is 1. The Labute approximate surface area is 145 Å². The first-order valence-corrected chi connectivity index (χ1v) is 9.20. The molecule has 1 aromatic heterocycles. The number of nitrogens with zero attached hydrogens (tertiary/aromatic N) is 3. The summed E-state index contributed by atoms with van der Waals surface area (Å²) in [5.74, 6) is 1.71. The van der Waals surface area contributed by atoms with E-state index < -0.39 is 0 Å². The maximum Gasteiger partial charge on any atom is 0.224 e. The lowest BCUT2D eigenvalue weighted by atomic mass is 10.1. The minimum atomic E-state index is 0.511. The van der Waals surface area contributed by atoms with Crippen LogP contribution in [-0.2, 0) is 0 Å². The van der Waals surface area contributed by atoms with Gasteiger partial charge in [-0.1, -0.05) is 37.8 Å². The molecule has 2 aromatic rings. The van der Waals surface area contributed by atoms with Crippen LogP contribution in [0.4, 0.5) is 17.5 Å². The topological polar surface area (TPSA) is 41.1 Å². The highest BCUT2D eigenvalue weighted by molar-refractivity contribution is 5.61. The van der Waals surface area contributed by atoms with Crippen LogP contribution in [0.2, 0.25) is 0 Å². The van der Waals surface area contributed by atoms with Crippen LogP contribution in [0.3, 0.4) is 0 Å². The number of aromatic nitrogens is 2. The van der Waals surface area contributed by atoms with E-state index >= 15 is 0 Å². The van der Waals surface area contributed by atoms with Gasteiger partial charge in [-0.15, -0.1) is 0 Å². The third-order valence-corrected chi connectivity index (χ3v) is 4.74. The molecule has 1 aliphatic carbocycles. The van der Waals surface area contributed by atoms with E-state index in [0.29, 0.717) is 6.04 Å². The summed E-state index contributed by atoms with van der Waals surface area (Å²) in [6.45, 7) is 5.16. The largest absolute Gasteiger partial charge is 0.351 e. The molecule has 3 rings (SSSR count). The lowest BCUT2D eigenvalue weighted by molar-refractivity contribution is 0.615. The molecule has 4 nitrogen and oxygen atoms in total. The summed E-state index contributed by atoms with van der Waals surface area (Å²) in [5.41, 5.74) is 2.44. The average Bonchev–Trinajstić information content (AvgIpc) is 2.85. The monoisotopic (exact) mass is 324 g/mol. The number of hydrogen-bond donors (Lipinski definition) is 1. The van der Waals surface area contributed by atoms with Crippen molar-refractivity contribution in [2.75, 3.05) is 16.8 Å². The molecule has 4 heteroatoms. The Morgan fingerprint density at radius 1 is 1.12 bits per heavy atom. The highest BCUT2D eigenvalue weighted by atomic mass is 15.2. The molecular formula is C20H28N4. The van der Waals surface area contributed by atoms with Gasteiger partial charge in [0, 0.05) is 24.5 Å². The molecule has 1 heterocycles. The zero-order chi connectivity index (χ0) is 16.8. The maximum atomic E-state index is 4.78. The average molecular weight is 324 g/mol. The van der Waals surface area contributed by atoms with Crippen molar-refractivity contribution in [1.82, 2.24) is 9.97 Å². The van der Waals surface area contributed by atoms with Crippen LogP contribution in [0.5, 0.6) is 0 Å². The standard InChI is InChI=1S/C20H28N4/c1-3-24(18-12-8-9-16(2)15-18)19-13-14-21-20(23-19)22-17-10-6-4-5-7-11-17/h8-9,12-15,17H,3-7,10-11H2,1-2H3,(H,21,22,23). The molecule has 0 spiro atoms. The van der Waals surface area contributed by atoms with Crippen LogP contribution in [0.15, 0.2) is 36.5 Å². The molecule has 1 aromatic carbocycles. The van der Waals surface area contributed by atoms with E-state index in [1.807, 2.05) is 12.3 Å². The first kappa shape index (κ1) is 16.7. The first-order valence-electron chi connectivity index (χ1n) is 9.20. The van der Waals surface area contributed by atoms with Crippen LogP contribution in [0, 0.1) is 6.92 Å². The summed E-state index contributed by atoms with van der Waals surface area (Å²) in [6, 6.07) is 11.1. The van der Waals surface area contributed by atoms with Crippen LogP contribution < -0.4 is 10.2 Å². The molecule has 1 N–H and O–H groups in total. The van der Waals surface area contributed by atoms with E-state index in [-0.39, 0.29) is 0 Å². The Morgan fingerprint density at radius 3 is 2.62 bits per heavy atom. The fourth-order valence-electron chi connectivity index (χ4n) is 3.45. The molecule has 0 radical (unpaired) electrons. The van der Waals surface area contributed by atoms with Gasteiger partial charge < -0.3 is 10.2 Å². The van der Waals surface area contributed by atoms with Gasteiger partial charge in [0.25, 0.3) is 0 Å². The summed E-state index contributed by atoms with van der Waals surface area (Å²) in [6.07, 6.45) is 9.64. The molecule has 1 fully saturated rings. The number of rotatable bonds is 5. The Bertz CT molecular complexity index is 648. The number of nitrogens with one attached hydrogen (secondary N) is 1. The van der Waals surface area contributed by atoms with E-state index in [2.05, 4.69) is 53.3 Å². The van der Waals surface area contributed by atoms with Crippen molar-refractivity contribution >= 4 is 17.5 Å². The predicted molar refractivity (Wildman–Crippen MR) is 101 cm³/mol. The lowest BCUT2D eigenvalue weighted by Gasteiger charge is -2.23. The van der Waals surface area contributed by atoms with Crippen molar-refractivity contribution < 1.29 is 0 Å². The summed E-state index contributed by atoms with van der Waals surface area (Å²) < 4.78 is 0. The van der Waals surface area contributed by atoms with Gasteiger partial charge in [-0.2, -0.15) is 4.98 Å². The van der Waals surface area contributed by atoms with Crippen molar-refractivity contribution in [2.24, 2.45) is 0 Å². The quantitative estimate of drug-likeness (QED) is 0.779. The summed E-state index contributed by atoms with van der Waals surface area (Å²) in [7, 11) is 0. The van der Waals surface area contributed by atoms with Crippen LogP contribution >= 0.6 is 0 Å². The summed E-state index contributed by atoms with van der Waals surface area (Å²) in [4.78, 5) is 11.5. The SMILES string of the molecule is CCN(c1cccc(C)c1)c1ccnc(NC2CCCCCC2)n1. The smallest absolute Gasteiger partial charge is 0.224 e. The normalized spacial score (nSPS) is 15.8. The van der Waals surface area contributed by atoms with Gasteiger partial charge in [0.2, 0.25) is 5.95 Å². The molecule has 0 amide bonds. The third kappa shape index (κ3) is 4.25. The molecule has 1 saturated carbocycles.